The molecule has 36 heavy (non-hydrogen) atoms. The van der Waals surface area contributed by atoms with E-state index in [9.17, 15) is 14.4 Å². The third-order valence-corrected chi connectivity index (χ3v) is 6.28. The Morgan fingerprint density at radius 2 is 1.83 bits per heavy atom. The predicted molar refractivity (Wildman–Crippen MR) is 128 cm³/mol. The van der Waals surface area contributed by atoms with Crippen molar-refractivity contribution in [3.8, 4) is 17.1 Å². The Balaban J connectivity index is 1.12. The molecule has 13 heteroatoms. The van der Waals surface area contributed by atoms with Crippen molar-refractivity contribution in [2.45, 2.75) is 19.4 Å². The van der Waals surface area contributed by atoms with Gasteiger partial charge in [-0.25, -0.2) is 9.78 Å². The number of hydrogen-bond donors (Lipinski definition) is 2. The van der Waals surface area contributed by atoms with Gasteiger partial charge in [-0.05, 0) is 24.3 Å². The molecule has 1 amide bonds. The topological polar surface area (TPSA) is 155 Å². The number of aromatic nitrogens is 6. The van der Waals surface area contributed by atoms with Crippen molar-refractivity contribution < 1.29 is 14.1 Å². The maximum atomic E-state index is 12.7. The average Bonchev–Trinajstić information content (AvgIpc) is 3.54. The highest BCUT2D eigenvalue weighted by Crippen LogP contribution is 2.20. The summed E-state index contributed by atoms with van der Waals surface area (Å²) in [5, 5.41) is 4.07. The monoisotopic (exact) mass is 494 g/mol. The van der Waals surface area contributed by atoms with E-state index in [1.54, 1.807) is 7.11 Å². The molecule has 188 valence electrons. The van der Waals surface area contributed by atoms with Gasteiger partial charge in [-0.15, -0.1) is 0 Å². The van der Waals surface area contributed by atoms with Crippen LogP contribution in [-0.2, 0) is 24.8 Å². The van der Waals surface area contributed by atoms with Crippen LogP contribution in [0.1, 0.15) is 18.1 Å². The van der Waals surface area contributed by atoms with Gasteiger partial charge in [-0.2, -0.15) is 4.98 Å². The molecule has 1 fully saturated rings. The number of fused-ring (bicyclic) bond motifs is 1. The van der Waals surface area contributed by atoms with Crippen molar-refractivity contribution >= 4 is 17.1 Å². The van der Waals surface area contributed by atoms with Crippen LogP contribution >= 0.6 is 0 Å². The van der Waals surface area contributed by atoms with Crippen LogP contribution in [0.15, 0.2) is 38.4 Å². The van der Waals surface area contributed by atoms with Crippen molar-refractivity contribution in [2.75, 3.05) is 33.3 Å². The first-order valence-electron chi connectivity index (χ1n) is 11.6. The Morgan fingerprint density at radius 1 is 1.08 bits per heavy atom. The van der Waals surface area contributed by atoms with Gasteiger partial charge in [-0.1, -0.05) is 5.16 Å². The molecule has 5 rings (SSSR count). The maximum absolute atomic E-state index is 12.7. The number of piperazine rings is 1. The summed E-state index contributed by atoms with van der Waals surface area (Å²) in [6.07, 6.45) is 0.595. The van der Waals surface area contributed by atoms with E-state index in [4.69, 9.17) is 9.26 Å². The molecular weight excluding hydrogens is 468 g/mol. The molecule has 13 nitrogen and oxygen atoms in total. The number of hydrogen-bond acceptors (Lipinski definition) is 9. The van der Waals surface area contributed by atoms with E-state index in [0.717, 1.165) is 11.3 Å². The van der Waals surface area contributed by atoms with E-state index < -0.39 is 11.2 Å². The molecule has 0 radical (unpaired) electrons. The number of aryl methyl sites for hydroxylation is 2. The predicted octanol–water partition coefficient (Wildman–Crippen LogP) is 0.286. The van der Waals surface area contributed by atoms with Crippen LogP contribution in [0.4, 0.5) is 0 Å². The summed E-state index contributed by atoms with van der Waals surface area (Å²) in [6.45, 7) is 3.07. The Hall–Kier alpha value is -4.26. The number of imidazole rings is 1. The van der Waals surface area contributed by atoms with Gasteiger partial charge in [0.25, 0.3) is 5.56 Å². The first-order chi connectivity index (χ1) is 17.4. The van der Waals surface area contributed by atoms with Gasteiger partial charge in [-0.3, -0.25) is 24.0 Å². The lowest BCUT2D eigenvalue weighted by atomic mass is 10.2. The third kappa shape index (κ3) is 4.77. The molecule has 2 N–H and O–H groups in total. The van der Waals surface area contributed by atoms with Crippen molar-refractivity contribution in [1.29, 1.82) is 0 Å². The molecule has 4 heterocycles. The number of carbonyl (C=O) groups is 1. The molecule has 0 unspecified atom stereocenters. The molecule has 0 saturated carbocycles. The number of carbonyl (C=O) groups excluding carboxylic acids is 1. The Morgan fingerprint density at radius 3 is 2.56 bits per heavy atom. The van der Waals surface area contributed by atoms with Crippen LogP contribution in [0.3, 0.4) is 0 Å². The Bertz CT molecular complexity index is 1490. The van der Waals surface area contributed by atoms with Crippen LogP contribution in [0.25, 0.3) is 22.6 Å². The molecule has 1 aliphatic rings. The standard InChI is InChI=1S/C23H26N8O5/c1-29-21-19(22(33)27-23(29)34)24-16(25-21)7-8-18(32)31-11-9-30(10-12-31)13-17-26-20(28-36-17)14-3-5-15(35-2)6-4-14/h3-6H,7-13H2,1-2H3,(H,24,25)(H,27,33,34). The fourth-order valence-electron chi connectivity index (χ4n) is 4.18. The van der Waals surface area contributed by atoms with E-state index in [1.807, 2.05) is 29.2 Å². The number of methoxy groups -OCH3 is 1. The number of rotatable bonds is 7. The summed E-state index contributed by atoms with van der Waals surface area (Å²) in [5.41, 5.74) is 0.293. The Labute approximate surface area is 204 Å². The Kier molecular flexibility index (Phi) is 6.38. The highest BCUT2D eigenvalue weighted by atomic mass is 16.5. The minimum Gasteiger partial charge on any atom is -0.497 e. The van der Waals surface area contributed by atoms with Gasteiger partial charge in [0.1, 0.15) is 17.1 Å². The van der Waals surface area contributed by atoms with Gasteiger partial charge in [0.2, 0.25) is 17.6 Å². The second kappa shape index (κ2) is 9.77. The highest BCUT2D eigenvalue weighted by molar-refractivity contribution is 5.76. The quantitative estimate of drug-likeness (QED) is 0.369. The van der Waals surface area contributed by atoms with Crippen LogP contribution in [0, 0.1) is 0 Å². The second-order valence-corrected chi connectivity index (χ2v) is 8.60. The van der Waals surface area contributed by atoms with Gasteiger partial charge in [0.05, 0.1) is 13.7 Å². The molecule has 0 bridgehead atoms. The molecule has 1 saturated heterocycles. The number of benzene rings is 1. The number of nitrogens with zero attached hydrogens (tertiary/aromatic N) is 6. The van der Waals surface area contributed by atoms with Crippen molar-refractivity contribution in [1.82, 2.24) is 39.5 Å². The summed E-state index contributed by atoms with van der Waals surface area (Å²) in [4.78, 5) is 54.4. The molecule has 3 aromatic heterocycles. The third-order valence-electron chi connectivity index (χ3n) is 6.28. The number of H-pyrrole nitrogens is 2. The lowest BCUT2D eigenvalue weighted by molar-refractivity contribution is -0.133. The second-order valence-electron chi connectivity index (χ2n) is 8.60. The summed E-state index contributed by atoms with van der Waals surface area (Å²) >= 11 is 0. The molecule has 0 aliphatic carbocycles. The zero-order valence-corrected chi connectivity index (χ0v) is 20.0. The number of nitrogens with one attached hydrogen (secondary N) is 2. The normalized spacial score (nSPS) is 14.4. The molecular formula is C23H26N8O5. The smallest absolute Gasteiger partial charge is 0.329 e. The van der Waals surface area contributed by atoms with Crippen molar-refractivity contribution in [3.05, 3.63) is 56.8 Å². The van der Waals surface area contributed by atoms with Crippen molar-refractivity contribution in [3.63, 3.8) is 0 Å². The SMILES string of the molecule is COc1ccc(-c2noc(CN3CCN(C(=O)CCc4nc5c([nH]4)c(=O)[nH]c(=O)n5C)CC3)n2)cc1. The minimum absolute atomic E-state index is 0.0116. The van der Waals surface area contributed by atoms with E-state index in [1.165, 1.54) is 11.6 Å². The van der Waals surface area contributed by atoms with E-state index in [2.05, 4.69) is 30.0 Å². The number of ether oxygens (including phenoxy) is 1. The zero-order chi connectivity index (χ0) is 25.2. The maximum Gasteiger partial charge on any atom is 0.329 e. The average molecular weight is 495 g/mol. The van der Waals surface area contributed by atoms with Crippen LogP contribution in [0.5, 0.6) is 5.75 Å². The first-order valence-corrected chi connectivity index (χ1v) is 11.6. The molecule has 1 aromatic carbocycles. The van der Waals surface area contributed by atoms with Crippen LogP contribution in [0.2, 0.25) is 0 Å². The summed E-state index contributed by atoms with van der Waals surface area (Å²) in [5.74, 6) is 2.31. The number of aromatic amines is 2. The van der Waals surface area contributed by atoms with Gasteiger partial charge < -0.3 is 19.1 Å². The van der Waals surface area contributed by atoms with Crippen LogP contribution < -0.4 is 16.0 Å². The highest BCUT2D eigenvalue weighted by Gasteiger charge is 2.23. The summed E-state index contributed by atoms with van der Waals surface area (Å²) < 4.78 is 11.9. The van der Waals surface area contributed by atoms with E-state index in [-0.39, 0.29) is 23.5 Å². The largest absolute Gasteiger partial charge is 0.497 e. The fraction of sp³-hybridized carbons (Fsp3) is 0.391. The molecule has 4 aromatic rings. The van der Waals surface area contributed by atoms with E-state index >= 15 is 0 Å². The van der Waals surface area contributed by atoms with E-state index in [0.29, 0.717) is 56.7 Å². The van der Waals surface area contributed by atoms with Gasteiger partial charge in [0.15, 0.2) is 5.65 Å². The van der Waals surface area contributed by atoms with Crippen LogP contribution in [-0.4, -0.2) is 78.7 Å². The van der Waals surface area contributed by atoms with Gasteiger partial charge in [0, 0.05) is 51.6 Å². The molecule has 1 aliphatic heterocycles. The molecule has 0 atom stereocenters. The summed E-state index contributed by atoms with van der Waals surface area (Å²) in [6, 6.07) is 7.44. The van der Waals surface area contributed by atoms with Gasteiger partial charge >= 0.3 is 5.69 Å². The number of amides is 1. The molecule has 0 spiro atoms. The fourth-order valence-corrected chi connectivity index (χ4v) is 4.18. The minimum atomic E-state index is -0.531. The van der Waals surface area contributed by atoms with Crippen molar-refractivity contribution in [2.24, 2.45) is 7.05 Å². The summed E-state index contributed by atoms with van der Waals surface area (Å²) in [7, 11) is 3.15. The first kappa shape index (κ1) is 23.5. The lowest BCUT2D eigenvalue weighted by Crippen LogP contribution is -2.48. The zero-order valence-electron chi connectivity index (χ0n) is 20.0. The lowest BCUT2D eigenvalue weighted by Gasteiger charge is -2.34.